The zero-order valence-electron chi connectivity index (χ0n) is 18.2. The van der Waals surface area contributed by atoms with Crippen LogP contribution in [0.4, 0.5) is 0 Å². The molecule has 2 unspecified atom stereocenters. The van der Waals surface area contributed by atoms with E-state index in [1.165, 1.54) is 5.56 Å². The van der Waals surface area contributed by atoms with E-state index in [0.717, 1.165) is 58.0 Å². The van der Waals surface area contributed by atoms with Gasteiger partial charge in [0.2, 0.25) is 0 Å². The number of halogens is 1. The summed E-state index contributed by atoms with van der Waals surface area (Å²) in [5.41, 5.74) is 1.36. The average molecular weight is 518 g/mol. The Bertz CT molecular complexity index is 575. The summed E-state index contributed by atoms with van der Waals surface area (Å²) in [6, 6.07) is 11.1. The third kappa shape index (κ3) is 8.39. The van der Waals surface area contributed by atoms with Gasteiger partial charge in [0.1, 0.15) is 0 Å². The van der Waals surface area contributed by atoms with E-state index in [1.807, 2.05) is 7.05 Å². The van der Waals surface area contributed by atoms with Gasteiger partial charge in [0.05, 0.1) is 6.61 Å². The summed E-state index contributed by atoms with van der Waals surface area (Å²) in [6.07, 6.45) is 2.75. The Balaban J connectivity index is 0.00000420. The second-order valence-corrected chi connectivity index (χ2v) is 7.65. The van der Waals surface area contributed by atoms with Gasteiger partial charge in [0, 0.05) is 44.8 Å². The Hall–Kier alpha value is -0.900. The lowest BCUT2D eigenvalue weighted by Crippen LogP contribution is -2.50. The van der Waals surface area contributed by atoms with Gasteiger partial charge in [0.15, 0.2) is 5.96 Å². The monoisotopic (exact) mass is 518 g/mol. The number of aliphatic hydroxyl groups is 1. The highest BCUT2D eigenvalue weighted by Gasteiger charge is 2.34. The Labute approximate surface area is 193 Å². The number of hydrogen-bond donors (Lipinski definition) is 3. The molecule has 2 atom stereocenters. The number of aliphatic hydroxyl groups excluding tert-OH is 1. The van der Waals surface area contributed by atoms with Gasteiger partial charge in [-0.2, -0.15) is 0 Å². The van der Waals surface area contributed by atoms with Crippen molar-refractivity contribution in [2.24, 2.45) is 10.4 Å². The maximum absolute atomic E-state index is 9.41. The smallest absolute Gasteiger partial charge is 0.191 e. The zero-order valence-corrected chi connectivity index (χ0v) is 20.5. The first kappa shape index (κ1) is 26.1. The molecule has 166 valence electrons. The Kier molecular flexibility index (Phi) is 12.8. The van der Waals surface area contributed by atoms with E-state index in [-0.39, 0.29) is 36.0 Å². The Morgan fingerprint density at radius 2 is 1.97 bits per heavy atom. The van der Waals surface area contributed by atoms with Crippen LogP contribution in [0, 0.1) is 5.41 Å². The Morgan fingerprint density at radius 3 is 2.52 bits per heavy atom. The van der Waals surface area contributed by atoms with E-state index in [1.54, 1.807) is 0 Å². The lowest BCUT2D eigenvalue weighted by Gasteiger charge is -2.31. The third-order valence-corrected chi connectivity index (χ3v) is 5.83. The molecular formula is C22H39IN4O2. The first-order chi connectivity index (χ1) is 13.7. The summed E-state index contributed by atoms with van der Waals surface area (Å²) >= 11 is 0. The van der Waals surface area contributed by atoms with Crippen molar-refractivity contribution in [1.29, 1.82) is 0 Å². The highest BCUT2D eigenvalue weighted by molar-refractivity contribution is 14.0. The number of rotatable bonds is 11. The van der Waals surface area contributed by atoms with Crippen molar-refractivity contribution >= 4 is 29.9 Å². The van der Waals surface area contributed by atoms with Gasteiger partial charge in [-0.05, 0) is 37.9 Å². The van der Waals surface area contributed by atoms with E-state index < -0.39 is 0 Å². The van der Waals surface area contributed by atoms with Crippen LogP contribution in [-0.2, 0) is 11.2 Å². The van der Waals surface area contributed by atoms with E-state index in [9.17, 15) is 5.11 Å². The lowest BCUT2D eigenvalue weighted by atomic mass is 9.84. The second-order valence-electron chi connectivity index (χ2n) is 7.65. The van der Waals surface area contributed by atoms with E-state index >= 15 is 0 Å². The SMILES string of the molecule is CCN(CC)C(CNC(=NC)NCC1(CCO)CCOC1)Cc1ccccc1.I. The molecule has 1 aromatic carbocycles. The van der Waals surface area contributed by atoms with Gasteiger partial charge in [-0.15, -0.1) is 24.0 Å². The number of aliphatic imine (C=N–C) groups is 1. The molecule has 0 aromatic heterocycles. The van der Waals surface area contributed by atoms with Gasteiger partial charge < -0.3 is 20.5 Å². The van der Waals surface area contributed by atoms with Crippen LogP contribution < -0.4 is 10.6 Å². The van der Waals surface area contributed by atoms with E-state index in [4.69, 9.17) is 4.74 Å². The van der Waals surface area contributed by atoms with Crippen molar-refractivity contribution < 1.29 is 9.84 Å². The molecule has 2 rings (SSSR count). The average Bonchev–Trinajstić information content (AvgIpc) is 3.18. The molecule has 1 saturated heterocycles. The van der Waals surface area contributed by atoms with Crippen molar-refractivity contribution in [2.45, 2.75) is 39.2 Å². The van der Waals surface area contributed by atoms with Gasteiger partial charge in [-0.3, -0.25) is 9.89 Å². The van der Waals surface area contributed by atoms with Crippen LogP contribution >= 0.6 is 24.0 Å². The number of benzene rings is 1. The van der Waals surface area contributed by atoms with Crippen LogP contribution in [-0.4, -0.2) is 75.1 Å². The highest BCUT2D eigenvalue weighted by Crippen LogP contribution is 2.31. The molecule has 1 aliphatic rings. The first-order valence-corrected chi connectivity index (χ1v) is 10.6. The molecule has 1 aromatic rings. The molecule has 0 radical (unpaired) electrons. The number of guanidine groups is 1. The fourth-order valence-corrected chi connectivity index (χ4v) is 3.97. The normalized spacial score (nSPS) is 20.4. The summed E-state index contributed by atoms with van der Waals surface area (Å²) < 4.78 is 5.59. The Morgan fingerprint density at radius 1 is 1.24 bits per heavy atom. The largest absolute Gasteiger partial charge is 0.396 e. The summed E-state index contributed by atoms with van der Waals surface area (Å²) in [7, 11) is 1.81. The van der Waals surface area contributed by atoms with Gasteiger partial charge in [-0.1, -0.05) is 44.2 Å². The third-order valence-electron chi connectivity index (χ3n) is 5.83. The number of nitrogens with one attached hydrogen (secondary N) is 2. The summed E-state index contributed by atoms with van der Waals surface area (Å²) in [6.45, 7) is 9.75. The maximum atomic E-state index is 9.41. The van der Waals surface area contributed by atoms with Crippen LogP contribution in [0.5, 0.6) is 0 Å². The zero-order chi connectivity index (χ0) is 20.2. The first-order valence-electron chi connectivity index (χ1n) is 10.6. The fourth-order valence-electron chi connectivity index (χ4n) is 3.97. The van der Waals surface area contributed by atoms with Crippen molar-refractivity contribution in [3.63, 3.8) is 0 Å². The van der Waals surface area contributed by atoms with Crippen LogP contribution in [0.3, 0.4) is 0 Å². The van der Waals surface area contributed by atoms with Gasteiger partial charge >= 0.3 is 0 Å². The molecule has 0 spiro atoms. The van der Waals surface area contributed by atoms with E-state index in [0.29, 0.717) is 12.6 Å². The lowest BCUT2D eigenvalue weighted by molar-refractivity contribution is 0.127. The molecule has 6 nitrogen and oxygen atoms in total. The fraction of sp³-hybridized carbons (Fsp3) is 0.682. The summed E-state index contributed by atoms with van der Waals surface area (Å²) in [5, 5.41) is 16.4. The second kappa shape index (κ2) is 14.2. The number of likely N-dealkylation sites (N-methyl/N-ethyl adjacent to an activating group) is 1. The molecule has 7 heteroatoms. The van der Waals surface area contributed by atoms with Crippen molar-refractivity contribution in [1.82, 2.24) is 15.5 Å². The minimum Gasteiger partial charge on any atom is -0.396 e. The molecule has 1 heterocycles. The standard InChI is InChI=1S/C22H38N4O2.HI/c1-4-26(5-2)20(15-19-9-7-6-8-10-19)16-24-21(23-3)25-17-22(11-13-27)12-14-28-18-22;/h6-10,20,27H,4-5,11-18H2,1-3H3,(H2,23,24,25);1H. The van der Waals surface area contributed by atoms with Crippen molar-refractivity contribution in [2.75, 3.05) is 53.0 Å². The van der Waals surface area contributed by atoms with Crippen molar-refractivity contribution in [3.05, 3.63) is 35.9 Å². The van der Waals surface area contributed by atoms with Crippen LogP contribution in [0.25, 0.3) is 0 Å². The molecule has 0 saturated carbocycles. The number of nitrogens with zero attached hydrogens (tertiary/aromatic N) is 2. The minimum atomic E-state index is 0. The number of ether oxygens (including phenoxy) is 1. The topological polar surface area (TPSA) is 69.1 Å². The van der Waals surface area contributed by atoms with Crippen LogP contribution in [0.15, 0.2) is 35.3 Å². The predicted molar refractivity (Wildman–Crippen MR) is 131 cm³/mol. The van der Waals surface area contributed by atoms with Crippen LogP contribution in [0.2, 0.25) is 0 Å². The maximum Gasteiger partial charge on any atom is 0.191 e. The summed E-state index contributed by atoms with van der Waals surface area (Å²) in [4.78, 5) is 6.89. The quantitative estimate of drug-likeness (QED) is 0.239. The molecule has 1 aliphatic heterocycles. The van der Waals surface area contributed by atoms with Gasteiger partial charge in [0.25, 0.3) is 0 Å². The summed E-state index contributed by atoms with van der Waals surface area (Å²) in [5.74, 6) is 0.814. The molecule has 0 bridgehead atoms. The molecule has 1 fully saturated rings. The molecule has 0 aliphatic carbocycles. The van der Waals surface area contributed by atoms with E-state index in [2.05, 4.69) is 64.7 Å². The van der Waals surface area contributed by atoms with Gasteiger partial charge in [-0.25, -0.2) is 0 Å². The molecule has 0 amide bonds. The molecule has 29 heavy (non-hydrogen) atoms. The molecular weight excluding hydrogens is 479 g/mol. The van der Waals surface area contributed by atoms with Crippen LogP contribution in [0.1, 0.15) is 32.3 Å². The van der Waals surface area contributed by atoms with Crippen molar-refractivity contribution in [3.8, 4) is 0 Å². The number of hydrogen-bond acceptors (Lipinski definition) is 4. The predicted octanol–water partition coefficient (Wildman–Crippen LogP) is 2.51. The highest BCUT2D eigenvalue weighted by atomic mass is 127. The minimum absolute atomic E-state index is 0. The molecule has 3 N–H and O–H groups in total.